The van der Waals surface area contributed by atoms with E-state index in [-0.39, 0.29) is 50.7 Å². The molecule has 0 aromatic heterocycles. The Morgan fingerprint density at radius 2 is 2.00 bits per heavy atom. The van der Waals surface area contributed by atoms with Gasteiger partial charge in [0, 0.05) is 14.1 Å². The van der Waals surface area contributed by atoms with E-state index in [0.29, 0.717) is 0 Å². The summed E-state index contributed by atoms with van der Waals surface area (Å²) in [6.45, 7) is 3.99. The third-order valence-corrected chi connectivity index (χ3v) is 6.72. The van der Waals surface area contributed by atoms with Gasteiger partial charge in [-0.15, -0.1) is 0 Å². The van der Waals surface area contributed by atoms with E-state index in [2.05, 4.69) is 27.9 Å². The molecule has 8 nitrogen and oxygen atoms in total. The average molecular weight is 527 g/mol. The van der Waals surface area contributed by atoms with Crippen molar-refractivity contribution in [2.75, 3.05) is 24.3 Å². The molecule has 9 heteroatoms. The van der Waals surface area contributed by atoms with Crippen LogP contribution in [0.15, 0.2) is 27.8 Å². The summed E-state index contributed by atoms with van der Waals surface area (Å²) in [4.78, 5) is 40.5. The van der Waals surface area contributed by atoms with Crippen molar-refractivity contribution in [1.29, 1.82) is 0 Å². The van der Waals surface area contributed by atoms with Gasteiger partial charge in [-0.1, -0.05) is 35.6 Å². The third-order valence-electron chi connectivity index (χ3n) is 5.23. The van der Waals surface area contributed by atoms with Gasteiger partial charge in [0.2, 0.25) is 0 Å². The van der Waals surface area contributed by atoms with E-state index in [9.17, 15) is 19.5 Å². The van der Waals surface area contributed by atoms with Crippen molar-refractivity contribution in [3.05, 3.63) is 44.2 Å². The van der Waals surface area contributed by atoms with Crippen LogP contribution in [0.25, 0.3) is 0 Å². The van der Waals surface area contributed by atoms with Crippen molar-refractivity contribution in [3.63, 3.8) is 0 Å². The Kier molecular flexibility index (Phi) is 6.71. The van der Waals surface area contributed by atoms with E-state index in [1.807, 2.05) is 18.7 Å². The van der Waals surface area contributed by atoms with E-state index in [1.165, 1.54) is 11.0 Å². The second-order valence-electron chi connectivity index (χ2n) is 7.64. The number of para-hydroxylation sites is 1. The van der Waals surface area contributed by atoms with Gasteiger partial charge in [-0.2, -0.15) is 0 Å². The van der Waals surface area contributed by atoms with Crippen LogP contribution in [0.2, 0.25) is 0 Å². The molecule has 1 amide bonds. The Balaban J connectivity index is 1.99. The van der Waals surface area contributed by atoms with Crippen molar-refractivity contribution in [2.45, 2.75) is 49.5 Å². The van der Waals surface area contributed by atoms with Crippen LogP contribution in [-0.2, 0) is 4.74 Å². The monoisotopic (exact) mass is 527 g/mol. The maximum Gasteiger partial charge on any atom is 0.257 e. The molecule has 1 saturated heterocycles. The number of phenolic OH excluding ortho intramolecular Hbond substituents is 1. The maximum atomic E-state index is 12.5. The standard InChI is InChI=1S/C21H26IN3O5/c1-5-14(22)25(15-10-9-11(2)30-15)17-16(19(27)20(17)28)23-13-8-6-7-12(18(13)26)21(29)24(3)4/h6-8,11,14-15,23,26H,5,9-10H2,1-4H3/t11?,14-,15?/m0/s1. The number of nitrogens with zero attached hydrogens (tertiary/aromatic N) is 2. The quantitative estimate of drug-likeness (QED) is 0.188. The molecule has 3 rings (SSSR count). The number of alkyl halides is 1. The van der Waals surface area contributed by atoms with Crippen LogP contribution in [0.3, 0.4) is 0 Å². The van der Waals surface area contributed by atoms with Crippen molar-refractivity contribution in [1.82, 2.24) is 4.90 Å². The van der Waals surface area contributed by atoms with Crippen LogP contribution in [-0.4, -0.2) is 46.4 Å². The first-order valence-electron chi connectivity index (χ1n) is 9.89. The molecule has 2 N–H and O–H groups in total. The summed E-state index contributed by atoms with van der Waals surface area (Å²) >= 11 is 2.24. The van der Waals surface area contributed by atoms with Gasteiger partial charge in [0.25, 0.3) is 16.8 Å². The number of carbonyl (C=O) groups excluding carboxylic acids is 1. The number of aromatic hydroxyl groups is 1. The molecule has 1 aliphatic heterocycles. The summed E-state index contributed by atoms with van der Waals surface area (Å²) in [5.74, 6) is -0.636. The van der Waals surface area contributed by atoms with E-state index in [4.69, 9.17) is 4.74 Å². The van der Waals surface area contributed by atoms with Crippen molar-refractivity contribution in [3.8, 4) is 5.75 Å². The zero-order valence-corrected chi connectivity index (χ0v) is 19.6. The van der Waals surface area contributed by atoms with Gasteiger partial charge in [-0.05, 0) is 38.3 Å². The van der Waals surface area contributed by atoms with E-state index >= 15 is 0 Å². The van der Waals surface area contributed by atoms with Crippen LogP contribution in [0, 0.1) is 0 Å². The molecule has 1 aliphatic rings. The third kappa shape index (κ3) is 4.04. The second-order valence-corrected chi connectivity index (χ2v) is 9.07. The minimum atomic E-state index is -0.649. The molecular weight excluding hydrogens is 501 g/mol. The van der Waals surface area contributed by atoms with Crippen molar-refractivity contribution in [2.24, 2.45) is 0 Å². The number of ether oxygens (including phenoxy) is 1. The minimum absolute atomic E-state index is 0.0444. The highest BCUT2D eigenvalue weighted by atomic mass is 127. The van der Waals surface area contributed by atoms with Crippen LogP contribution < -0.4 is 21.1 Å². The normalized spacial score (nSPS) is 19.6. The maximum absolute atomic E-state index is 12.5. The van der Waals surface area contributed by atoms with Gasteiger partial charge in [0.05, 0.1) is 21.4 Å². The molecule has 0 spiro atoms. The number of carbonyl (C=O) groups is 1. The summed E-state index contributed by atoms with van der Waals surface area (Å²) in [6, 6.07) is 4.67. The number of phenols is 1. The largest absolute Gasteiger partial charge is 0.505 e. The molecule has 0 saturated carbocycles. The lowest BCUT2D eigenvalue weighted by Crippen LogP contribution is -2.49. The summed E-state index contributed by atoms with van der Waals surface area (Å²) in [5.41, 5.74) is -0.541. The average Bonchev–Trinajstić information content (AvgIpc) is 3.15. The van der Waals surface area contributed by atoms with Crippen molar-refractivity contribution >= 4 is 45.6 Å². The summed E-state index contributed by atoms with van der Waals surface area (Å²) in [6.07, 6.45) is 2.18. The number of anilines is 3. The smallest absolute Gasteiger partial charge is 0.257 e. The fourth-order valence-electron chi connectivity index (χ4n) is 3.58. The topological polar surface area (TPSA) is 99.2 Å². The molecule has 2 unspecified atom stereocenters. The first-order chi connectivity index (χ1) is 14.2. The zero-order valence-electron chi connectivity index (χ0n) is 17.4. The van der Waals surface area contributed by atoms with Crippen LogP contribution in [0.5, 0.6) is 5.75 Å². The molecule has 2 aromatic rings. The highest BCUT2D eigenvalue weighted by molar-refractivity contribution is 14.1. The highest BCUT2D eigenvalue weighted by Gasteiger charge is 2.37. The summed E-state index contributed by atoms with van der Waals surface area (Å²) < 4.78 is 5.94. The molecule has 3 atom stereocenters. The van der Waals surface area contributed by atoms with E-state index < -0.39 is 10.9 Å². The van der Waals surface area contributed by atoms with E-state index in [0.717, 1.165) is 19.3 Å². The molecule has 0 bridgehead atoms. The number of hydrogen-bond acceptors (Lipinski definition) is 7. The fraction of sp³-hybridized carbons (Fsp3) is 0.476. The molecule has 2 aromatic carbocycles. The van der Waals surface area contributed by atoms with Gasteiger partial charge >= 0.3 is 0 Å². The fourth-order valence-corrected chi connectivity index (χ4v) is 4.22. The summed E-state index contributed by atoms with van der Waals surface area (Å²) in [7, 11) is 3.17. The zero-order chi connectivity index (χ0) is 22.2. The molecule has 0 radical (unpaired) electrons. The lowest BCUT2D eigenvalue weighted by molar-refractivity contribution is 0.0527. The first-order valence-corrected chi connectivity index (χ1v) is 11.1. The SMILES string of the molecule is CC[C@@H](I)N(c1c(Nc2cccc(C(=O)N(C)C)c2O)c(=O)c1=O)C1CCC(C)O1. The Morgan fingerprint density at radius 3 is 2.57 bits per heavy atom. The van der Waals surface area contributed by atoms with E-state index in [1.54, 1.807) is 26.2 Å². The number of hydrogen-bond donors (Lipinski definition) is 2. The van der Waals surface area contributed by atoms with Gasteiger partial charge in [0.15, 0.2) is 5.75 Å². The van der Waals surface area contributed by atoms with Gasteiger partial charge < -0.3 is 25.0 Å². The Hall–Kier alpha value is -2.14. The first kappa shape index (κ1) is 22.5. The van der Waals surface area contributed by atoms with Crippen molar-refractivity contribution < 1.29 is 14.6 Å². The molecule has 0 aliphatic carbocycles. The second kappa shape index (κ2) is 8.93. The number of benzene rings is 1. The Labute approximate surface area is 188 Å². The lowest BCUT2D eigenvalue weighted by atomic mass is 10.1. The van der Waals surface area contributed by atoms with Gasteiger partial charge in [-0.25, -0.2) is 0 Å². The van der Waals surface area contributed by atoms with Crippen LogP contribution in [0.1, 0.15) is 43.5 Å². The predicted molar refractivity (Wildman–Crippen MR) is 125 cm³/mol. The number of halogens is 1. The Morgan fingerprint density at radius 1 is 1.30 bits per heavy atom. The van der Waals surface area contributed by atoms with Crippen LogP contribution in [0.4, 0.5) is 17.1 Å². The van der Waals surface area contributed by atoms with Gasteiger partial charge in [-0.3, -0.25) is 14.4 Å². The predicted octanol–water partition coefficient (Wildman–Crippen LogP) is 2.94. The molecule has 1 fully saturated rings. The lowest BCUT2D eigenvalue weighted by Gasteiger charge is -2.36. The molecular formula is C21H26IN3O5. The number of nitrogens with one attached hydrogen (secondary N) is 1. The number of rotatable bonds is 7. The molecule has 30 heavy (non-hydrogen) atoms. The highest BCUT2D eigenvalue weighted by Crippen LogP contribution is 2.37. The Bertz CT molecular complexity index is 1010. The minimum Gasteiger partial charge on any atom is -0.505 e. The van der Waals surface area contributed by atoms with Crippen LogP contribution >= 0.6 is 22.6 Å². The molecule has 1 heterocycles. The van der Waals surface area contributed by atoms with Gasteiger partial charge in [0.1, 0.15) is 17.6 Å². The molecule has 162 valence electrons. The number of amides is 1. The summed E-state index contributed by atoms with van der Waals surface area (Å²) in [5, 5.41) is 13.5.